The van der Waals surface area contributed by atoms with Gasteiger partial charge in [-0.05, 0) is 17.7 Å². The molecule has 0 aliphatic heterocycles. The Labute approximate surface area is 91.8 Å². The highest BCUT2D eigenvalue weighted by molar-refractivity contribution is 5.96. The van der Waals surface area contributed by atoms with Gasteiger partial charge >= 0.3 is 0 Å². The molecule has 0 radical (unpaired) electrons. The molecule has 0 aliphatic carbocycles. The molecule has 1 amide bonds. The normalized spacial score (nSPS) is 9.06. The number of carbonyl (C=O) groups excluding carboxylic acids is 1. The lowest BCUT2D eigenvalue weighted by atomic mass is 10.2. The summed E-state index contributed by atoms with van der Waals surface area (Å²) < 4.78 is 5.28. The van der Waals surface area contributed by atoms with Crippen LogP contribution >= 0.6 is 0 Å². The van der Waals surface area contributed by atoms with Crippen LogP contribution in [0.2, 0.25) is 0 Å². The van der Waals surface area contributed by atoms with Gasteiger partial charge in [0.25, 0.3) is 5.91 Å². The zero-order valence-corrected chi connectivity index (χ0v) is 8.46. The maximum Gasteiger partial charge on any atom is 0.268 e. The third-order valence-electron chi connectivity index (χ3n) is 1.77. The van der Waals surface area contributed by atoms with E-state index >= 15 is 0 Å². The van der Waals surface area contributed by atoms with Crippen LogP contribution in [0.4, 0.5) is 0 Å². The summed E-state index contributed by atoms with van der Waals surface area (Å²) in [4.78, 5) is 13.9. The van der Waals surface area contributed by atoms with Crippen molar-refractivity contribution in [3.05, 3.63) is 40.3 Å². The number of nitrogens with two attached hydrogens (primary N) is 1. The van der Waals surface area contributed by atoms with Crippen molar-refractivity contribution >= 4 is 5.91 Å². The molecule has 7 nitrogen and oxygen atoms in total. The van der Waals surface area contributed by atoms with Crippen LogP contribution in [-0.4, -0.2) is 19.1 Å². The van der Waals surface area contributed by atoms with Crippen molar-refractivity contribution < 1.29 is 9.53 Å². The number of azide groups is 1. The van der Waals surface area contributed by atoms with Gasteiger partial charge in [-0.15, -0.1) is 0 Å². The van der Waals surface area contributed by atoms with Crippen molar-refractivity contribution in [3.63, 3.8) is 0 Å². The number of rotatable bonds is 5. The monoisotopic (exact) mass is 221 g/mol. The van der Waals surface area contributed by atoms with Crippen LogP contribution in [0.15, 0.2) is 29.4 Å². The molecule has 0 unspecified atom stereocenters. The molecule has 16 heavy (non-hydrogen) atoms. The van der Waals surface area contributed by atoms with Gasteiger partial charge in [0.1, 0.15) is 5.75 Å². The van der Waals surface area contributed by atoms with E-state index in [4.69, 9.17) is 16.1 Å². The van der Waals surface area contributed by atoms with E-state index in [-0.39, 0.29) is 13.2 Å². The number of carbonyl (C=O) groups is 1. The third-order valence-corrected chi connectivity index (χ3v) is 1.77. The number of hydrazine groups is 1. The summed E-state index contributed by atoms with van der Waals surface area (Å²) in [5.74, 6) is 5.00. The molecular formula is C9H11N5O2. The zero-order chi connectivity index (χ0) is 11.8. The average Bonchev–Trinajstić information content (AvgIpc) is 2.34. The summed E-state index contributed by atoms with van der Waals surface area (Å²) in [6.45, 7) is 0.411. The molecule has 0 spiro atoms. The fourth-order valence-electron chi connectivity index (χ4n) is 1.10. The van der Waals surface area contributed by atoms with Crippen LogP contribution in [0.25, 0.3) is 10.4 Å². The standard InChI is InChI=1S/C9H11N5O2/c10-13-9(15)7-3-1-2-4-8(7)16-6-5-12-14-11/h1-4H,5-6,10H2,(H,13,15). The van der Waals surface area contributed by atoms with Crippen molar-refractivity contribution in [1.82, 2.24) is 5.43 Å². The molecule has 0 atom stereocenters. The van der Waals surface area contributed by atoms with Gasteiger partial charge in [0, 0.05) is 4.91 Å². The van der Waals surface area contributed by atoms with Gasteiger partial charge in [-0.1, -0.05) is 17.2 Å². The van der Waals surface area contributed by atoms with E-state index in [9.17, 15) is 4.79 Å². The van der Waals surface area contributed by atoms with Crippen LogP contribution in [0.5, 0.6) is 5.75 Å². The first-order chi connectivity index (χ1) is 7.79. The van der Waals surface area contributed by atoms with Crippen molar-refractivity contribution in [2.24, 2.45) is 11.0 Å². The zero-order valence-electron chi connectivity index (χ0n) is 8.46. The summed E-state index contributed by atoms with van der Waals surface area (Å²) in [5, 5.41) is 3.31. The molecule has 0 heterocycles. The summed E-state index contributed by atoms with van der Waals surface area (Å²) in [5.41, 5.74) is 10.4. The minimum atomic E-state index is -0.431. The Morgan fingerprint density at radius 1 is 1.56 bits per heavy atom. The summed E-state index contributed by atoms with van der Waals surface area (Å²) in [7, 11) is 0. The Balaban J connectivity index is 2.71. The molecule has 0 saturated carbocycles. The minimum Gasteiger partial charge on any atom is -0.493 e. The van der Waals surface area contributed by atoms with E-state index in [1.54, 1.807) is 24.3 Å². The number of para-hydroxylation sites is 1. The number of hydrogen-bond donors (Lipinski definition) is 2. The van der Waals surface area contributed by atoms with Crippen LogP contribution in [0.1, 0.15) is 10.4 Å². The minimum absolute atomic E-state index is 0.203. The summed E-state index contributed by atoms with van der Waals surface area (Å²) >= 11 is 0. The van der Waals surface area contributed by atoms with Gasteiger partial charge in [-0.3, -0.25) is 10.2 Å². The number of nitrogens with one attached hydrogen (secondary N) is 1. The average molecular weight is 221 g/mol. The van der Waals surface area contributed by atoms with E-state index in [1.807, 2.05) is 5.43 Å². The van der Waals surface area contributed by atoms with Crippen molar-refractivity contribution in [2.75, 3.05) is 13.2 Å². The number of hydrogen-bond acceptors (Lipinski definition) is 4. The van der Waals surface area contributed by atoms with Crippen molar-refractivity contribution in [3.8, 4) is 5.75 Å². The predicted molar refractivity (Wildman–Crippen MR) is 57.6 cm³/mol. The number of nitrogens with zero attached hydrogens (tertiary/aromatic N) is 3. The molecule has 84 valence electrons. The highest BCUT2D eigenvalue weighted by Crippen LogP contribution is 2.17. The van der Waals surface area contributed by atoms with Crippen LogP contribution in [0.3, 0.4) is 0 Å². The third kappa shape index (κ3) is 3.16. The number of benzene rings is 1. The fourth-order valence-corrected chi connectivity index (χ4v) is 1.10. The topological polar surface area (TPSA) is 113 Å². The van der Waals surface area contributed by atoms with Gasteiger partial charge in [-0.25, -0.2) is 5.84 Å². The van der Waals surface area contributed by atoms with Crippen molar-refractivity contribution in [1.29, 1.82) is 0 Å². The Morgan fingerprint density at radius 2 is 2.31 bits per heavy atom. The molecule has 0 aliphatic rings. The van der Waals surface area contributed by atoms with Gasteiger partial charge in [0.2, 0.25) is 0 Å². The second-order valence-electron chi connectivity index (χ2n) is 2.77. The Hall–Kier alpha value is -2.24. The molecule has 1 aromatic rings. The van der Waals surface area contributed by atoms with Crippen LogP contribution in [0, 0.1) is 0 Å². The first-order valence-electron chi connectivity index (χ1n) is 4.53. The molecule has 7 heteroatoms. The molecule has 0 aromatic heterocycles. The largest absolute Gasteiger partial charge is 0.493 e. The first kappa shape index (κ1) is 11.8. The maximum atomic E-state index is 11.3. The quantitative estimate of drug-likeness (QED) is 0.147. The van der Waals surface area contributed by atoms with E-state index in [2.05, 4.69) is 10.0 Å². The second-order valence-corrected chi connectivity index (χ2v) is 2.77. The van der Waals surface area contributed by atoms with Crippen LogP contribution < -0.4 is 16.0 Å². The molecule has 0 bridgehead atoms. The lowest BCUT2D eigenvalue weighted by Gasteiger charge is -2.08. The Kier molecular flexibility index (Phi) is 4.65. The van der Waals surface area contributed by atoms with Gasteiger partial charge in [0.05, 0.1) is 18.7 Å². The molecule has 0 fully saturated rings. The number of nitrogen functional groups attached to an aromatic ring is 1. The predicted octanol–water partition coefficient (Wildman–Crippen LogP) is 0.979. The fraction of sp³-hybridized carbons (Fsp3) is 0.222. The lowest BCUT2D eigenvalue weighted by Crippen LogP contribution is -2.30. The van der Waals surface area contributed by atoms with E-state index in [0.29, 0.717) is 11.3 Å². The van der Waals surface area contributed by atoms with Gasteiger partial charge < -0.3 is 4.74 Å². The number of amides is 1. The van der Waals surface area contributed by atoms with E-state index in [0.717, 1.165) is 0 Å². The molecule has 3 N–H and O–H groups in total. The highest BCUT2D eigenvalue weighted by Gasteiger charge is 2.09. The highest BCUT2D eigenvalue weighted by atomic mass is 16.5. The molecule has 0 saturated heterocycles. The van der Waals surface area contributed by atoms with Gasteiger partial charge in [-0.2, -0.15) is 0 Å². The molecule has 1 aromatic carbocycles. The number of ether oxygens (including phenoxy) is 1. The van der Waals surface area contributed by atoms with Crippen molar-refractivity contribution in [2.45, 2.75) is 0 Å². The van der Waals surface area contributed by atoms with Gasteiger partial charge in [0.15, 0.2) is 0 Å². The summed E-state index contributed by atoms with van der Waals surface area (Å²) in [6, 6.07) is 6.66. The summed E-state index contributed by atoms with van der Waals surface area (Å²) in [6.07, 6.45) is 0. The Morgan fingerprint density at radius 3 is 3.00 bits per heavy atom. The molecule has 1 rings (SSSR count). The second kappa shape index (κ2) is 6.28. The van der Waals surface area contributed by atoms with Crippen LogP contribution in [-0.2, 0) is 0 Å². The smallest absolute Gasteiger partial charge is 0.268 e. The first-order valence-corrected chi connectivity index (χ1v) is 4.53. The maximum absolute atomic E-state index is 11.3. The molecular weight excluding hydrogens is 210 g/mol. The lowest BCUT2D eigenvalue weighted by molar-refractivity contribution is 0.0949. The van der Waals surface area contributed by atoms with E-state index < -0.39 is 5.91 Å². The van der Waals surface area contributed by atoms with E-state index in [1.165, 1.54) is 0 Å². The Bertz CT molecular complexity index is 414. The SMILES string of the molecule is [N-]=[N+]=NCCOc1ccccc1C(=O)NN.